The minimum Gasteiger partial charge on any atom is -0.496 e. The lowest BCUT2D eigenvalue weighted by Crippen LogP contribution is -2.41. The maximum Gasteiger partial charge on any atom is 0.316 e. The minimum absolute atomic E-state index is 0.124. The molecule has 2 fully saturated rings. The van der Waals surface area contributed by atoms with Crippen molar-refractivity contribution in [3.63, 3.8) is 0 Å². The Kier molecular flexibility index (Phi) is 7.19. The third-order valence-corrected chi connectivity index (χ3v) is 8.84. The van der Waals surface area contributed by atoms with Crippen LogP contribution in [0.2, 0.25) is 0 Å². The fourth-order valence-corrected chi connectivity index (χ4v) is 6.20. The number of ether oxygens (including phenoxy) is 2. The molecule has 2 aromatic carbocycles. The first-order valence-corrected chi connectivity index (χ1v) is 13.4. The second-order valence-electron chi connectivity index (χ2n) is 9.18. The van der Waals surface area contributed by atoms with Crippen molar-refractivity contribution in [2.45, 2.75) is 49.8 Å². The Bertz CT molecular complexity index is 1200. The molecule has 1 aliphatic carbocycles. The van der Waals surface area contributed by atoms with Gasteiger partial charge in [-0.25, -0.2) is 8.42 Å². The number of esters is 1. The van der Waals surface area contributed by atoms with Crippen LogP contribution in [0.3, 0.4) is 0 Å². The van der Waals surface area contributed by atoms with E-state index >= 15 is 0 Å². The van der Waals surface area contributed by atoms with Crippen LogP contribution in [0.15, 0.2) is 47.4 Å². The summed E-state index contributed by atoms with van der Waals surface area (Å²) in [5.74, 6) is 0.0542. The molecule has 1 heterocycles. The van der Waals surface area contributed by atoms with E-state index in [4.69, 9.17) is 9.47 Å². The van der Waals surface area contributed by atoms with Crippen molar-refractivity contribution in [1.82, 2.24) is 4.31 Å². The molecule has 1 saturated heterocycles. The van der Waals surface area contributed by atoms with Gasteiger partial charge in [-0.2, -0.15) is 4.31 Å². The number of anilines is 1. The molecular weight excluding hydrogens is 468 g/mol. The molecule has 9 heteroatoms. The number of piperidine rings is 1. The third-order valence-electron chi connectivity index (χ3n) is 6.95. The fraction of sp³-hybridized carbons (Fsp3) is 0.462. The summed E-state index contributed by atoms with van der Waals surface area (Å²) in [6.45, 7) is 4.53. The van der Waals surface area contributed by atoms with Gasteiger partial charge in [0.25, 0.3) is 0 Å². The normalized spacial score (nSPS) is 18.0. The number of aryl methyl sites for hydroxylation is 1. The predicted octanol–water partition coefficient (Wildman–Crippen LogP) is 3.64. The van der Waals surface area contributed by atoms with Crippen molar-refractivity contribution in [2.24, 2.45) is 5.92 Å². The summed E-state index contributed by atoms with van der Waals surface area (Å²) in [6.07, 6.45) is 2.44. The zero-order valence-corrected chi connectivity index (χ0v) is 21.2. The lowest BCUT2D eigenvalue weighted by atomic mass is 9.95. The van der Waals surface area contributed by atoms with Gasteiger partial charge in [-0.1, -0.05) is 12.1 Å². The predicted molar refractivity (Wildman–Crippen MR) is 132 cm³/mol. The molecule has 35 heavy (non-hydrogen) atoms. The van der Waals surface area contributed by atoms with E-state index in [0.29, 0.717) is 30.9 Å². The zero-order chi connectivity index (χ0) is 25.2. The van der Waals surface area contributed by atoms with Crippen molar-refractivity contribution in [3.05, 3.63) is 53.6 Å². The van der Waals surface area contributed by atoms with Crippen LogP contribution in [-0.2, 0) is 29.8 Å². The Morgan fingerprint density at radius 3 is 2.29 bits per heavy atom. The number of carbonyl (C=O) groups is 2. The van der Waals surface area contributed by atoms with Gasteiger partial charge in [0, 0.05) is 24.7 Å². The molecule has 8 nitrogen and oxygen atoms in total. The highest BCUT2D eigenvalue weighted by atomic mass is 32.2. The third kappa shape index (κ3) is 5.06. The van der Waals surface area contributed by atoms with Crippen LogP contribution in [0.1, 0.15) is 43.7 Å². The van der Waals surface area contributed by atoms with E-state index in [1.165, 1.54) is 4.31 Å². The van der Waals surface area contributed by atoms with Crippen LogP contribution in [-0.4, -0.2) is 51.4 Å². The topological polar surface area (TPSA) is 102 Å². The highest BCUT2D eigenvalue weighted by Gasteiger charge is 2.52. The standard InChI is InChI=1S/C26H32N2O6S/c1-4-34-25(30)26(13-14-26)20-5-7-21(8-6-20)27-24(29)19-11-15-28(16-12-19)35(31,32)22-9-10-23(33-3)18(2)17-22/h5-10,17,19H,4,11-16H2,1-3H3,(H,27,29). The average molecular weight is 501 g/mol. The van der Waals surface area contributed by atoms with Crippen LogP contribution < -0.4 is 10.1 Å². The van der Waals surface area contributed by atoms with E-state index in [-0.39, 0.29) is 35.8 Å². The molecule has 1 saturated carbocycles. The van der Waals surface area contributed by atoms with Crippen LogP contribution in [0.4, 0.5) is 5.69 Å². The number of sulfonamides is 1. The van der Waals surface area contributed by atoms with Gasteiger partial charge in [-0.15, -0.1) is 0 Å². The molecular formula is C26H32N2O6S. The molecule has 0 atom stereocenters. The van der Waals surface area contributed by atoms with Crippen molar-refractivity contribution >= 4 is 27.6 Å². The van der Waals surface area contributed by atoms with Gasteiger partial charge in [0.15, 0.2) is 0 Å². The molecule has 1 N–H and O–H groups in total. The first-order valence-electron chi connectivity index (χ1n) is 11.9. The molecule has 2 aromatic rings. The Morgan fingerprint density at radius 1 is 1.09 bits per heavy atom. The van der Waals surface area contributed by atoms with E-state index in [1.807, 2.05) is 19.1 Å². The molecule has 0 radical (unpaired) electrons. The number of amides is 1. The molecule has 2 aliphatic rings. The number of hydrogen-bond acceptors (Lipinski definition) is 6. The molecule has 1 aliphatic heterocycles. The molecule has 0 unspecified atom stereocenters. The molecule has 0 aromatic heterocycles. The zero-order valence-electron chi connectivity index (χ0n) is 20.4. The summed E-state index contributed by atoms with van der Waals surface area (Å²) in [5.41, 5.74) is 1.77. The Hall–Kier alpha value is -2.91. The SMILES string of the molecule is CCOC(=O)C1(c2ccc(NC(=O)C3CCN(S(=O)(=O)c4ccc(OC)c(C)c4)CC3)cc2)CC1. The summed E-state index contributed by atoms with van der Waals surface area (Å²) in [4.78, 5) is 25.3. The van der Waals surface area contributed by atoms with E-state index in [2.05, 4.69) is 5.32 Å². The van der Waals surface area contributed by atoms with Gasteiger partial charge in [-0.3, -0.25) is 9.59 Å². The van der Waals surface area contributed by atoms with E-state index in [9.17, 15) is 18.0 Å². The summed E-state index contributed by atoms with van der Waals surface area (Å²) in [7, 11) is -2.08. The van der Waals surface area contributed by atoms with Crippen molar-refractivity contribution in [3.8, 4) is 5.75 Å². The smallest absolute Gasteiger partial charge is 0.316 e. The Balaban J connectivity index is 1.34. The summed E-state index contributed by atoms with van der Waals surface area (Å²) in [6, 6.07) is 12.2. The van der Waals surface area contributed by atoms with Crippen molar-refractivity contribution in [1.29, 1.82) is 0 Å². The number of rotatable bonds is 8. The van der Waals surface area contributed by atoms with Gasteiger partial charge in [0.05, 0.1) is 24.0 Å². The van der Waals surface area contributed by atoms with Crippen LogP contribution in [0.25, 0.3) is 0 Å². The summed E-state index contributed by atoms with van der Waals surface area (Å²) >= 11 is 0. The van der Waals surface area contributed by atoms with Crippen molar-refractivity contribution < 1.29 is 27.5 Å². The number of methoxy groups -OCH3 is 1. The minimum atomic E-state index is -3.63. The molecule has 4 rings (SSSR count). The second-order valence-corrected chi connectivity index (χ2v) is 11.1. The average Bonchev–Trinajstić information content (AvgIpc) is 3.67. The quantitative estimate of drug-likeness (QED) is 0.556. The highest BCUT2D eigenvalue weighted by Crippen LogP contribution is 2.49. The molecule has 1 amide bonds. The Morgan fingerprint density at radius 2 is 1.74 bits per heavy atom. The number of nitrogens with zero attached hydrogens (tertiary/aromatic N) is 1. The second kappa shape index (κ2) is 9.99. The van der Waals surface area contributed by atoms with Crippen molar-refractivity contribution in [2.75, 3.05) is 32.1 Å². The lowest BCUT2D eigenvalue weighted by Gasteiger charge is -2.30. The number of hydrogen-bond donors (Lipinski definition) is 1. The number of carbonyl (C=O) groups excluding carboxylic acids is 2. The maximum absolute atomic E-state index is 13.1. The van der Waals surface area contributed by atoms with E-state index in [0.717, 1.165) is 24.0 Å². The van der Waals surface area contributed by atoms with Gasteiger partial charge in [0.1, 0.15) is 5.75 Å². The van der Waals surface area contributed by atoms with Crippen LogP contribution in [0, 0.1) is 12.8 Å². The molecule has 0 spiro atoms. The molecule has 0 bridgehead atoms. The summed E-state index contributed by atoms with van der Waals surface area (Å²) < 4.78 is 38.0. The fourth-order valence-electron chi connectivity index (χ4n) is 4.64. The van der Waals surface area contributed by atoms with E-state index < -0.39 is 15.4 Å². The van der Waals surface area contributed by atoms with Gasteiger partial charge >= 0.3 is 5.97 Å². The van der Waals surface area contributed by atoms with E-state index in [1.54, 1.807) is 44.4 Å². The first kappa shape index (κ1) is 25.2. The maximum atomic E-state index is 13.1. The monoisotopic (exact) mass is 500 g/mol. The summed E-state index contributed by atoms with van der Waals surface area (Å²) in [5, 5.41) is 2.93. The first-order chi connectivity index (χ1) is 16.7. The highest BCUT2D eigenvalue weighted by molar-refractivity contribution is 7.89. The number of benzene rings is 2. The molecule has 188 valence electrons. The van der Waals surface area contributed by atoms with Gasteiger partial charge in [0.2, 0.25) is 15.9 Å². The number of nitrogens with one attached hydrogen (secondary N) is 1. The lowest BCUT2D eigenvalue weighted by molar-refractivity contribution is -0.146. The van der Waals surface area contributed by atoms with Gasteiger partial charge in [-0.05, 0) is 81.0 Å². The van der Waals surface area contributed by atoms with Crippen LogP contribution >= 0.6 is 0 Å². The van der Waals surface area contributed by atoms with Gasteiger partial charge < -0.3 is 14.8 Å². The largest absolute Gasteiger partial charge is 0.496 e. The van der Waals surface area contributed by atoms with Crippen LogP contribution in [0.5, 0.6) is 5.75 Å². The Labute approximate surface area is 206 Å².